The fourth-order valence-corrected chi connectivity index (χ4v) is 1.43. The fourth-order valence-electron chi connectivity index (χ4n) is 1.24. The van der Waals surface area contributed by atoms with E-state index in [1.165, 1.54) is 0 Å². The Hall–Kier alpha value is -0.540. The normalized spacial score (nSPS) is 21.8. The number of rotatable bonds is 1. The van der Waals surface area contributed by atoms with Crippen LogP contribution in [0.5, 0.6) is 0 Å². The Balaban J connectivity index is 2.52. The van der Waals surface area contributed by atoms with Gasteiger partial charge in [0.25, 0.3) is 0 Å². The molecule has 13 heavy (non-hydrogen) atoms. The fraction of sp³-hybridized carbons (Fsp3) is 0.400. The molecule has 1 aromatic rings. The van der Waals surface area contributed by atoms with Crippen LogP contribution in [0.1, 0.15) is 5.48 Å². The molecule has 0 amide bonds. The summed E-state index contributed by atoms with van der Waals surface area (Å²) < 4.78 is 36.7. The molecule has 0 bridgehead atoms. The third-order valence-corrected chi connectivity index (χ3v) is 2.31. The van der Waals surface area contributed by atoms with Crippen molar-refractivity contribution in [3.05, 3.63) is 28.6 Å². The van der Waals surface area contributed by atoms with Crippen LogP contribution in [0.4, 0.5) is 5.69 Å². The zero-order chi connectivity index (χ0) is 12.6. The summed E-state index contributed by atoms with van der Waals surface area (Å²) in [5.41, 5.74) is 0.367. The number of hydrogen-bond acceptors (Lipinski definition) is 2. The molecule has 0 aliphatic carbocycles. The molecule has 2 rings (SSSR count). The zero-order valence-electron chi connectivity index (χ0n) is 11.1. The molecule has 70 valence electrons. The number of halogens is 1. The van der Waals surface area contributed by atoms with Crippen LogP contribution in [-0.2, 0) is 4.74 Å². The van der Waals surface area contributed by atoms with E-state index in [4.69, 9.17) is 10.2 Å². The number of morpholine rings is 1. The molecule has 0 aromatic heterocycles. The average Bonchev–Trinajstić information content (AvgIpc) is 2.36. The number of ether oxygens (including phenoxy) is 1. The van der Waals surface area contributed by atoms with Crippen molar-refractivity contribution in [1.82, 2.24) is 0 Å². The summed E-state index contributed by atoms with van der Waals surface area (Å²) >= 11 is 3.08. The van der Waals surface area contributed by atoms with Gasteiger partial charge in [-0.3, -0.25) is 0 Å². The first kappa shape index (κ1) is 5.37. The monoisotopic (exact) mass is 245 g/mol. The molecule has 1 saturated heterocycles. The van der Waals surface area contributed by atoms with Crippen molar-refractivity contribution in [2.75, 3.05) is 31.2 Å². The van der Waals surface area contributed by atoms with Gasteiger partial charge in [0.15, 0.2) is 0 Å². The second-order valence-electron chi connectivity index (χ2n) is 2.76. The van der Waals surface area contributed by atoms with Gasteiger partial charge in [-0.05, 0) is 24.2 Å². The maximum atomic E-state index is 7.91. The third kappa shape index (κ3) is 2.23. The van der Waals surface area contributed by atoms with E-state index in [1.807, 2.05) is 4.90 Å². The lowest BCUT2D eigenvalue weighted by atomic mass is 10.3. The highest BCUT2D eigenvalue weighted by atomic mass is 79.9. The molecule has 2 nitrogen and oxygen atoms in total. The molecule has 0 saturated carbocycles. The smallest absolute Gasteiger partial charge is 0.0645 e. The highest BCUT2D eigenvalue weighted by Gasteiger charge is 2.09. The minimum Gasteiger partial charge on any atom is -0.378 e. The SMILES string of the molecule is [2H]c1c([2H])c(N2CCOCC2)c([2H])c([2H])c1Br. The Morgan fingerprint density at radius 2 is 1.85 bits per heavy atom. The first-order valence-corrected chi connectivity index (χ1v) is 4.92. The van der Waals surface area contributed by atoms with Gasteiger partial charge in [-0.25, -0.2) is 0 Å². The molecule has 1 fully saturated rings. The molecule has 1 aromatic carbocycles. The molecule has 3 heteroatoms. The van der Waals surface area contributed by atoms with Crippen LogP contribution in [-0.4, -0.2) is 26.3 Å². The Morgan fingerprint density at radius 3 is 2.46 bits per heavy atom. The first-order chi connectivity index (χ1) is 8.04. The van der Waals surface area contributed by atoms with E-state index in [1.54, 1.807) is 0 Å². The summed E-state index contributed by atoms with van der Waals surface area (Å²) in [5, 5.41) is 0. The lowest BCUT2D eigenvalue weighted by Gasteiger charge is -2.28. The minimum absolute atomic E-state index is 0.000208. The Labute approximate surface area is 92.2 Å². The van der Waals surface area contributed by atoms with Gasteiger partial charge in [0.1, 0.15) is 0 Å². The van der Waals surface area contributed by atoms with E-state index >= 15 is 0 Å². The summed E-state index contributed by atoms with van der Waals surface area (Å²) in [6.07, 6.45) is 0. The van der Waals surface area contributed by atoms with Crippen LogP contribution in [0.15, 0.2) is 28.6 Å². The van der Waals surface area contributed by atoms with E-state index in [9.17, 15) is 0 Å². The van der Waals surface area contributed by atoms with Crippen LogP contribution < -0.4 is 4.90 Å². The lowest BCUT2D eigenvalue weighted by Crippen LogP contribution is -2.36. The van der Waals surface area contributed by atoms with E-state index in [0.29, 0.717) is 32.0 Å². The van der Waals surface area contributed by atoms with Crippen LogP contribution >= 0.6 is 15.9 Å². The predicted octanol–water partition coefficient (Wildman–Crippen LogP) is 2.29. The Kier molecular flexibility index (Phi) is 1.70. The van der Waals surface area contributed by atoms with Gasteiger partial charge in [-0.2, -0.15) is 0 Å². The molecule has 0 spiro atoms. The molecule has 1 aliphatic rings. The van der Waals surface area contributed by atoms with Gasteiger partial charge in [0, 0.05) is 23.2 Å². The van der Waals surface area contributed by atoms with E-state index < -0.39 is 0 Å². The van der Waals surface area contributed by atoms with Crippen molar-refractivity contribution in [1.29, 1.82) is 0 Å². The van der Waals surface area contributed by atoms with Crippen molar-refractivity contribution < 1.29 is 10.2 Å². The number of nitrogens with zero attached hydrogens (tertiary/aromatic N) is 1. The van der Waals surface area contributed by atoms with Crippen LogP contribution in [0.25, 0.3) is 0 Å². The average molecular weight is 246 g/mol. The predicted molar refractivity (Wildman–Crippen MR) is 57.2 cm³/mol. The topological polar surface area (TPSA) is 12.5 Å². The van der Waals surface area contributed by atoms with E-state index in [2.05, 4.69) is 15.9 Å². The largest absolute Gasteiger partial charge is 0.378 e. The van der Waals surface area contributed by atoms with E-state index in [-0.39, 0.29) is 28.6 Å². The third-order valence-electron chi connectivity index (χ3n) is 1.91. The Bertz CT molecular complexity index is 419. The van der Waals surface area contributed by atoms with Gasteiger partial charge in [0.05, 0.1) is 18.7 Å². The molecule has 0 atom stereocenters. The van der Waals surface area contributed by atoms with Crippen LogP contribution in [0, 0.1) is 0 Å². The summed E-state index contributed by atoms with van der Waals surface area (Å²) in [6, 6.07) is -0.0699. The van der Waals surface area contributed by atoms with Gasteiger partial charge in [-0.1, -0.05) is 15.9 Å². The number of hydrogen-bond donors (Lipinski definition) is 0. The van der Waals surface area contributed by atoms with Crippen molar-refractivity contribution in [3.63, 3.8) is 0 Å². The maximum Gasteiger partial charge on any atom is 0.0645 e. The molecule has 0 unspecified atom stereocenters. The van der Waals surface area contributed by atoms with Crippen molar-refractivity contribution in [2.45, 2.75) is 0 Å². The summed E-state index contributed by atoms with van der Waals surface area (Å²) in [7, 11) is 0. The standard InChI is InChI=1S/C10H12BrNO/c11-9-1-3-10(4-2-9)12-5-7-13-8-6-12/h1-4H,5-8H2/i1D,2D,3D,4D. The summed E-state index contributed by atoms with van der Waals surface area (Å²) in [4.78, 5) is 1.84. The van der Waals surface area contributed by atoms with Crippen LogP contribution in [0.3, 0.4) is 0 Å². The van der Waals surface area contributed by atoms with Gasteiger partial charge in [-0.15, -0.1) is 0 Å². The number of anilines is 1. The van der Waals surface area contributed by atoms with Gasteiger partial charge in [0.2, 0.25) is 0 Å². The molecule has 1 aliphatic heterocycles. The second kappa shape index (κ2) is 4.11. The first-order valence-electron chi connectivity index (χ1n) is 6.12. The molecule has 0 N–H and O–H groups in total. The highest BCUT2D eigenvalue weighted by Crippen LogP contribution is 2.18. The molecular weight excluding hydrogens is 230 g/mol. The van der Waals surface area contributed by atoms with Crippen molar-refractivity contribution >= 4 is 21.6 Å². The molecule has 0 radical (unpaired) electrons. The quantitative estimate of drug-likeness (QED) is 0.753. The van der Waals surface area contributed by atoms with Crippen molar-refractivity contribution in [3.8, 4) is 0 Å². The maximum absolute atomic E-state index is 7.91. The minimum atomic E-state index is -0.0347. The van der Waals surface area contributed by atoms with Crippen LogP contribution in [0.2, 0.25) is 0 Å². The zero-order valence-corrected chi connectivity index (χ0v) is 8.65. The lowest BCUT2D eigenvalue weighted by molar-refractivity contribution is 0.122. The number of benzene rings is 1. The highest BCUT2D eigenvalue weighted by molar-refractivity contribution is 9.10. The van der Waals surface area contributed by atoms with Gasteiger partial charge >= 0.3 is 0 Å². The molecule has 1 heterocycles. The molecular formula is C10H12BrNO. The van der Waals surface area contributed by atoms with E-state index in [0.717, 1.165) is 0 Å². The Morgan fingerprint density at radius 1 is 1.23 bits per heavy atom. The van der Waals surface area contributed by atoms with Gasteiger partial charge < -0.3 is 9.64 Å². The van der Waals surface area contributed by atoms with Crippen molar-refractivity contribution in [2.24, 2.45) is 0 Å². The second-order valence-corrected chi connectivity index (χ2v) is 3.56. The summed E-state index contributed by atoms with van der Waals surface area (Å²) in [6.45, 7) is 2.29. The summed E-state index contributed by atoms with van der Waals surface area (Å²) in [5.74, 6) is 0.